The van der Waals surface area contributed by atoms with Crippen LogP contribution in [-0.4, -0.2) is 22.8 Å². The molecular formula is C25H20N2O3S2. The number of para-hydroxylation sites is 1. The molecule has 0 bridgehead atoms. The van der Waals surface area contributed by atoms with Crippen molar-refractivity contribution in [2.75, 3.05) is 17.7 Å². The van der Waals surface area contributed by atoms with Gasteiger partial charge in [-0.1, -0.05) is 65.9 Å². The van der Waals surface area contributed by atoms with Gasteiger partial charge in [0, 0.05) is 39.1 Å². The lowest BCUT2D eigenvalue weighted by Crippen LogP contribution is -2.31. The van der Waals surface area contributed by atoms with Crippen molar-refractivity contribution in [2.45, 2.75) is 17.5 Å². The lowest BCUT2D eigenvalue weighted by atomic mass is 9.84. The molecule has 1 amide bonds. The number of hydrogen-bond donors (Lipinski definition) is 1. The predicted octanol–water partition coefficient (Wildman–Crippen LogP) is 4.95. The number of amides is 1. The van der Waals surface area contributed by atoms with Crippen molar-refractivity contribution in [3.8, 4) is 5.75 Å². The van der Waals surface area contributed by atoms with E-state index in [2.05, 4.69) is 11.4 Å². The molecule has 3 heterocycles. The summed E-state index contributed by atoms with van der Waals surface area (Å²) in [5.74, 6) is 2.05. The van der Waals surface area contributed by atoms with Gasteiger partial charge in [-0.25, -0.2) is 0 Å². The number of benzene rings is 3. The van der Waals surface area contributed by atoms with Crippen molar-refractivity contribution in [1.82, 2.24) is 4.57 Å². The van der Waals surface area contributed by atoms with Crippen LogP contribution in [0.1, 0.15) is 16.4 Å². The second-order valence-corrected chi connectivity index (χ2v) is 10.1. The highest BCUT2D eigenvalue weighted by Crippen LogP contribution is 2.50. The minimum absolute atomic E-state index is 0.0103. The first-order valence-corrected chi connectivity index (χ1v) is 12.3. The lowest BCUT2D eigenvalue weighted by Gasteiger charge is -2.36. The van der Waals surface area contributed by atoms with Gasteiger partial charge in [0.25, 0.3) is 0 Å². The zero-order valence-electron chi connectivity index (χ0n) is 17.1. The zero-order chi connectivity index (χ0) is 21.7. The van der Waals surface area contributed by atoms with E-state index < -0.39 is 0 Å². The smallest absolute Gasteiger partial charge is 0.308 e. The normalized spacial score (nSPS) is 18.9. The van der Waals surface area contributed by atoms with Crippen LogP contribution in [0.3, 0.4) is 0 Å². The molecule has 2 aliphatic heterocycles. The van der Waals surface area contributed by atoms with Crippen LogP contribution in [0.15, 0.2) is 76.6 Å². The van der Waals surface area contributed by atoms with E-state index in [1.807, 2.05) is 60.7 Å². The van der Waals surface area contributed by atoms with Crippen LogP contribution < -0.4 is 14.9 Å². The fourth-order valence-corrected chi connectivity index (χ4v) is 7.35. The number of ether oxygens (including phenoxy) is 1. The van der Waals surface area contributed by atoms with E-state index in [4.69, 9.17) is 4.74 Å². The van der Waals surface area contributed by atoms with E-state index in [-0.39, 0.29) is 23.2 Å². The minimum atomic E-state index is -0.195. The Balaban J connectivity index is 1.32. The van der Waals surface area contributed by atoms with Crippen LogP contribution in [0.4, 0.5) is 5.69 Å². The van der Waals surface area contributed by atoms with Gasteiger partial charge >= 0.3 is 4.87 Å². The molecule has 0 saturated heterocycles. The molecule has 7 heteroatoms. The van der Waals surface area contributed by atoms with Crippen LogP contribution in [0.5, 0.6) is 5.75 Å². The summed E-state index contributed by atoms with van der Waals surface area (Å²) in [6, 6.07) is 21.8. The quantitative estimate of drug-likeness (QED) is 0.470. The SMILES string of the molecule is O=C(Cn1c2c(sc1=O)[C@H]1c3ccccc3OC[C@H]1CS2)Nc1cccc2ccccc12. The summed E-state index contributed by atoms with van der Waals surface area (Å²) in [5.41, 5.74) is 1.90. The summed E-state index contributed by atoms with van der Waals surface area (Å²) in [4.78, 5) is 26.9. The molecule has 6 rings (SSSR count). The Morgan fingerprint density at radius 1 is 1.06 bits per heavy atom. The molecule has 0 spiro atoms. The molecule has 0 unspecified atom stereocenters. The number of thioether (sulfide) groups is 1. The van der Waals surface area contributed by atoms with Crippen LogP contribution in [0.2, 0.25) is 0 Å². The van der Waals surface area contributed by atoms with Gasteiger partial charge in [-0.15, -0.1) is 11.8 Å². The lowest BCUT2D eigenvalue weighted by molar-refractivity contribution is -0.116. The Hall–Kier alpha value is -3.03. The monoisotopic (exact) mass is 460 g/mol. The van der Waals surface area contributed by atoms with E-state index in [1.165, 1.54) is 11.3 Å². The molecule has 2 aliphatic rings. The van der Waals surface area contributed by atoms with Gasteiger partial charge in [0.1, 0.15) is 12.3 Å². The molecule has 0 aliphatic carbocycles. The Morgan fingerprint density at radius 3 is 2.81 bits per heavy atom. The Labute approximate surface area is 193 Å². The van der Waals surface area contributed by atoms with E-state index in [0.29, 0.717) is 12.5 Å². The van der Waals surface area contributed by atoms with Crippen molar-refractivity contribution >= 4 is 45.5 Å². The zero-order valence-corrected chi connectivity index (χ0v) is 18.7. The van der Waals surface area contributed by atoms with Crippen molar-refractivity contribution in [3.05, 3.63) is 86.8 Å². The first-order valence-electron chi connectivity index (χ1n) is 10.5. The van der Waals surface area contributed by atoms with E-state index in [9.17, 15) is 9.59 Å². The molecule has 160 valence electrons. The summed E-state index contributed by atoms with van der Waals surface area (Å²) >= 11 is 2.93. The van der Waals surface area contributed by atoms with Gasteiger partial charge < -0.3 is 10.1 Å². The molecule has 4 aromatic rings. The summed E-state index contributed by atoms with van der Waals surface area (Å²) in [6.45, 7) is 0.665. The molecule has 2 atom stereocenters. The van der Waals surface area contributed by atoms with E-state index in [1.54, 1.807) is 16.3 Å². The fourth-order valence-electron chi connectivity index (χ4n) is 4.66. The average molecular weight is 461 g/mol. The number of carbonyl (C=O) groups excluding carboxylic acids is 1. The van der Waals surface area contributed by atoms with Gasteiger partial charge in [0.15, 0.2) is 0 Å². The molecular weight excluding hydrogens is 440 g/mol. The third-order valence-electron chi connectivity index (χ3n) is 6.13. The second kappa shape index (κ2) is 7.83. The maximum absolute atomic E-state index is 13.0. The van der Waals surface area contributed by atoms with Crippen LogP contribution >= 0.6 is 23.1 Å². The van der Waals surface area contributed by atoms with Crippen LogP contribution in [-0.2, 0) is 11.3 Å². The second-order valence-electron chi connectivity index (χ2n) is 8.10. The van der Waals surface area contributed by atoms with Crippen molar-refractivity contribution in [3.63, 3.8) is 0 Å². The molecule has 32 heavy (non-hydrogen) atoms. The number of aromatic nitrogens is 1. The van der Waals surface area contributed by atoms with E-state index in [0.717, 1.165) is 43.4 Å². The van der Waals surface area contributed by atoms with Crippen molar-refractivity contribution < 1.29 is 9.53 Å². The standard InChI is InChI=1S/C25H20N2O3S2/c28-21(26-19-10-5-7-15-6-1-2-8-17(15)19)12-27-24-23(32-25(27)29)22-16(14-31-24)13-30-20-11-4-3-9-18(20)22/h1-11,16,22H,12-14H2,(H,26,28)/t16-,22+/m0/s1. The van der Waals surface area contributed by atoms with E-state index >= 15 is 0 Å². The number of hydrogen-bond acceptors (Lipinski definition) is 5. The highest BCUT2D eigenvalue weighted by Gasteiger charge is 2.39. The summed E-state index contributed by atoms with van der Waals surface area (Å²) < 4.78 is 7.59. The number of nitrogens with zero attached hydrogens (tertiary/aromatic N) is 1. The fraction of sp³-hybridized carbons (Fsp3) is 0.200. The number of thiazole rings is 1. The van der Waals surface area contributed by atoms with Gasteiger partial charge in [0.05, 0.1) is 11.6 Å². The molecule has 0 fully saturated rings. The number of nitrogens with one attached hydrogen (secondary N) is 1. The van der Waals surface area contributed by atoms with Gasteiger partial charge in [-0.05, 0) is 17.5 Å². The topological polar surface area (TPSA) is 60.3 Å². The summed E-state index contributed by atoms with van der Waals surface area (Å²) in [6.07, 6.45) is 0. The third kappa shape index (κ3) is 3.24. The molecule has 5 nitrogen and oxygen atoms in total. The number of anilines is 1. The molecule has 0 radical (unpaired) electrons. The third-order valence-corrected chi connectivity index (χ3v) is 8.63. The number of carbonyl (C=O) groups is 1. The van der Waals surface area contributed by atoms with Gasteiger partial charge in [-0.2, -0.15) is 0 Å². The summed E-state index contributed by atoms with van der Waals surface area (Å²) in [5, 5.41) is 5.98. The first kappa shape index (κ1) is 19.6. The largest absolute Gasteiger partial charge is 0.493 e. The van der Waals surface area contributed by atoms with Crippen LogP contribution in [0.25, 0.3) is 10.8 Å². The van der Waals surface area contributed by atoms with Gasteiger partial charge in [-0.3, -0.25) is 14.2 Å². The Kier molecular flexibility index (Phi) is 4.81. The molecule has 3 aromatic carbocycles. The Morgan fingerprint density at radius 2 is 1.88 bits per heavy atom. The predicted molar refractivity (Wildman–Crippen MR) is 129 cm³/mol. The van der Waals surface area contributed by atoms with Gasteiger partial charge in [0.2, 0.25) is 5.91 Å². The van der Waals surface area contributed by atoms with Crippen LogP contribution in [0, 0.1) is 5.92 Å². The summed E-state index contributed by atoms with van der Waals surface area (Å²) in [7, 11) is 0. The first-order chi connectivity index (χ1) is 15.7. The molecule has 0 saturated carbocycles. The average Bonchev–Trinajstić information content (AvgIpc) is 3.14. The highest BCUT2D eigenvalue weighted by atomic mass is 32.2. The highest BCUT2D eigenvalue weighted by molar-refractivity contribution is 7.99. The maximum Gasteiger partial charge on any atom is 0.308 e. The molecule has 1 aromatic heterocycles. The number of fused-ring (bicyclic) bond motifs is 6. The minimum Gasteiger partial charge on any atom is -0.493 e. The molecule has 1 N–H and O–H groups in total. The maximum atomic E-state index is 13.0. The van der Waals surface area contributed by atoms with Crippen molar-refractivity contribution in [1.29, 1.82) is 0 Å². The Bertz CT molecular complexity index is 1400. The number of rotatable bonds is 3. The van der Waals surface area contributed by atoms with Crippen molar-refractivity contribution in [2.24, 2.45) is 5.92 Å².